The van der Waals surface area contributed by atoms with E-state index in [0.717, 1.165) is 20.9 Å². The number of hydrogen-bond acceptors (Lipinski definition) is 8. The minimum absolute atomic E-state index is 0.555. The van der Waals surface area contributed by atoms with Crippen LogP contribution < -0.4 is 0 Å². The maximum absolute atomic E-state index is 5.67. The summed E-state index contributed by atoms with van der Waals surface area (Å²) in [7, 11) is 1.86. The van der Waals surface area contributed by atoms with Crippen molar-refractivity contribution in [1.29, 1.82) is 0 Å². The molecule has 0 aromatic carbocycles. The van der Waals surface area contributed by atoms with Crippen LogP contribution >= 0.6 is 23.1 Å². The average molecular weight is 330 g/mol. The minimum Gasteiger partial charge on any atom is -0.419 e. The Bertz CT molecular complexity index is 914. The lowest BCUT2D eigenvalue weighted by atomic mass is 10.4. The molecule has 0 radical (unpaired) electrons. The molecule has 110 valence electrons. The minimum atomic E-state index is 0.555. The Morgan fingerprint density at radius 1 is 1.32 bits per heavy atom. The highest BCUT2D eigenvalue weighted by Crippen LogP contribution is 2.28. The molecular formula is C13H10N6OS2. The molecule has 0 aliphatic heterocycles. The summed E-state index contributed by atoms with van der Waals surface area (Å²) in [6.45, 7) is 0. The van der Waals surface area contributed by atoms with E-state index in [1.165, 1.54) is 18.1 Å². The molecule has 22 heavy (non-hydrogen) atoms. The molecule has 4 rings (SSSR count). The van der Waals surface area contributed by atoms with E-state index in [0.29, 0.717) is 17.5 Å². The van der Waals surface area contributed by atoms with Crippen LogP contribution in [-0.2, 0) is 12.8 Å². The standard InChI is InChI=1S/C13H10N6OS2/c1-19-11-8(5-16-19)13(15-7-14-11)22-6-10-17-18-12(20-10)9-3-2-4-21-9/h2-5,7H,6H2,1H3. The zero-order valence-corrected chi connectivity index (χ0v) is 13.1. The van der Waals surface area contributed by atoms with Crippen LogP contribution in [0.15, 0.2) is 39.5 Å². The van der Waals surface area contributed by atoms with Crippen LogP contribution in [0, 0.1) is 0 Å². The van der Waals surface area contributed by atoms with Crippen LogP contribution in [0.2, 0.25) is 0 Å². The molecular weight excluding hydrogens is 320 g/mol. The molecule has 7 nitrogen and oxygen atoms in total. The van der Waals surface area contributed by atoms with Gasteiger partial charge in [0.2, 0.25) is 5.89 Å². The summed E-state index contributed by atoms with van der Waals surface area (Å²) in [5.74, 6) is 1.68. The molecule has 0 N–H and O–H groups in total. The summed E-state index contributed by atoms with van der Waals surface area (Å²) in [6, 6.07) is 3.91. The van der Waals surface area contributed by atoms with Crippen molar-refractivity contribution >= 4 is 34.1 Å². The van der Waals surface area contributed by atoms with E-state index in [1.54, 1.807) is 22.2 Å². The molecule has 0 bridgehead atoms. The van der Waals surface area contributed by atoms with Crippen LogP contribution in [0.5, 0.6) is 0 Å². The van der Waals surface area contributed by atoms with Crippen molar-refractivity contribution in [3.63, 3.8) is 0 Å². The van der Waals surface area contributed by atoms with Gasteiger partial charge in [-0.05, 0) is 11.4 Å². The molecule has 4 aromatic heterocycles. The largest absolute Gasteiger partial charge is 0.419 e. The summed E-state index contributed by atoms with van der Waals surface area (Å²) in [5.41, 5.74) is 0.808. The predicted octanol–water partition coefficient (Wildman–Crippen LogP) is 2.77. The molecule has 0 unspecified atom stereocenters. The Morgan fingerprint density at radius 2 is 2.27 bits per heavy atom. The molecule has 4 heterocycles. The van der Waals surface area contributed by atoms with Crippen LogP contribution in [-0.4, -0.2) is 29.9 Å². The topological polar surface area (TPSA) is 82.5 Å². The first-order valence-electron chi connectivity index (χ1n) is 6.43. The van der Waals surface area contributed by atoms with E-state index in [9.17, 15) is 0 Å². The number of hydrogen-bond donors (Lipinski definition) is 0. The van der Waals surface area contributed by atoms with E-state index < -0.39 is 0 Å². The average Bonchev–Trinajstić information content (AvgIpc) is 3.26. The third kappa shape index (κ3) is 2.38. The lowest BCUT2D eigenvalue weighted by Crippen LogP contribution is -1.93. The fraction of sp³-hybridized carbons (Fsp3) is 0.154. The maximum Gasteiger partial charge on any atom is 0.257 e. The lowest BCUT2D eigenvalue weighted by Gasteiger charge is -1.99. The van der Waals surface area contributed by atoms with E-state index in [-0.39, 0.29) is 0 Å². The smallest absolute Gasteiger partial charge is 0.257 e. The molecule has 4 aromatic rings. The summed E-state index contributed by atoms with van der Waals surface area (Å²) in [4.78, 5) is 9.50. The highest BCUT2D eigenvalue weighted by atomic mass is 32.2. The van der Waals surface area contributed by atoms with E-state index in [1.807, 2.05) is 24.6 Å². The van der Waals surface area contributed by atoms with Gasteiger partial charge in [-0.2, -0.15) is 5.10 Å². The second-order valence-electron chi connectivity index (χ2n) is 4.45. The zero-order chi connectivity index (χ0) is 14.9. The number of aromatic nitrogens is 6. The first kappa shape index (κ1) is 13.4. The fourth-order valence-electron chi connectivity index (χ4n) is 2.00. The molecule has 0 fully saturated rings. The van der Waals surface area contributed by atoms with Crippen molar-refractivity contribution in [2.45, 2.75) is 10.8 Å². The third-order valence-corrected chi connectivity index (χ3v) is 4.87. The molecule has 0 saturated carbocycles. The molecule has 0 atom stereocenters. The molecule has 0 aliphatic carbocycles. The van der Waals surface area contributed by atoms with Gasteiger partial charge < -0.3 is 4.42 Å². The monoisotopic (exact) mass is 330 g/mol. The molecule has 0 amide bonds. The Morgan fingerprint density at radius 3 is 3.14 bits per heavy atom. The Hall–Kier alpha value is -2.26. The van der Waals surface area contributed by atoms with Gasteiger partial charge in [0.15, 0.2) is 5.65 Å². The molecule has 0 spiro atoms. The number of rotatable bonds is 4. The third-order valence-electron chi connectivity index (χ3n) is 3.02. The second-order valence-corrected chi connectivity index (χ2v) is 6.36. The van der Waals surface area contributed by atoms with Gasteiger partial charge in [-0.25, -0.2) is 9.97 Å². The maximum atomic E-state index is 5.67. The van der Waals surface area contributed by atoms with Crippen molar-refractivity contribution in [2.24, 2.45) is 7.05 Å². The van der Waals surface area contributed by atoms with Crippen molar-refractivity contribution in [1.82, 2.24) is 29.9 Å². The SMILES string of the molecule is Cn1ncc2c(SCc3nnc(-c4cccs4)o3)ncnc21. The molecule has 0 aliphatic rings. The van der Waals surface area contributed by atoms with Gasteiger partial charge in [-0.1, -0.05) is 17.8 Å². The van der Waals surface area contributed by atoms with Gasteiger partial charge in [0.1, 0.15) is 11.4 Å². The molecule has 9 heteroatoms. The first-order chi connectivity index (χ1) is 10.8. The van der Waals surface area contributed by atoms with E-state index in [4.69, 9.17) is 4.42 Å². The van der Waals surface area contributed by atoms with Crippen molar-refractivity contribution in [3.8, 4) is 10.8 Å². The van der Waals surface area contributed by atoms with Crippen molar-refractivity contribution in [3.05, 3.63) is 35.9 Å². The Kier molecular flexibility index (Phi) is 3.35. The number of nitrogens with zero attached hydrogens (tertiary/aromatic N) is 6. The number of aryl methyl sites for hydroxylation is 1. The van der Waals surface area contributed by atoms with Crippen LogP contribution in [0.4, 0.5) is 0 Å². The van der Waals surface area contributed by atoms with Crippen molar-refractivity contribution < 1.29 is 4.42 Å². The summed E-state index contributed by atoms with van der Waals surface area (Å²) in [5, 5.41) is 16.1. The van der Waals surface area contributed by atoms with Gasteiger partial charge in [0.05, 0.1) is 22.2 Å². The van der Waals surface area contributed by atoms with Crippen LogP contribution in [0.1, 0.15) is 5.89 Å². The highest BCUT2D eigenvalue weighted by Gasteiger charge is 2.12. The molecule has 0 saturated heterocycles. The lowest BCUT2D eigenvalue weighted by molar-refractivity contribution is 0.529. The highest BCUT2D eigenvalue weighted by molar-refractivity contribution is 7.98. The summed E-state index contributed by atoms with van der Waals surface area (Å²) >= 11 is 3.10. The van der Waals surface area contributed by atoms with Gasteiger partial charge in [-0.3, -0.25) is 4.68 Å². The zero-order valence-electron chi connectivity index (χ0n) is 11.5. The van der Waals surface area contributed by atoms with Gasteiger partial charge in [0.25, 0.3) is 5.89 Å². The number of thiophene rings is 1. The van der Waals surface area contributed by atoms with E-state index >= 15 is 0 Å². The van der Waals surface area contributed by atoms with Crippen LogP contribution in [0.25, 0.3) is 21.8 Å². The normalized spacial score (nSPS) is 11.3. The second kappa shape index (κ2) is 5.50. The van der Waals surface area contributed by atoms with Gasteiger partial charge >= 0.3 is 0 Å². The van der Waals surface area contributed by atoms with E-state index in [2.05, 4.69) is 25.3 Å². The number of thioether (sulfide) groups is 1. The summed E-state index contributed by atoms with van der Waals surface area (Å²) < 4.78 is 7.40. The van der Waals surface area contributed by atoms with Gasteiger partial charge in [0, 0.05) is 7.05 Å². The first-order valence-corrected chi connectivity index (χ1v) is 8.29. The Labute approximate surface area is 133 Å². The summed E-state index contributed by atoms with van der Waals surface area (Å²) in [6.07, 6.45) is 3.31. The van der Waals surface area contributed by atoms with Gasteiger partial charge in [-0.15, -0.1) is 21.5 Å². The Balaban J connectivity index is 1.55. The van der Waals surface area contributed by atoms with Crippen LogP contribution in [0.3, 0.4) is 0 Å². The quantitative estimate of drug-likeness (QED) is 0.420. The van der Waals surface area contributed by atoms with Crippen molar-refractivity contribution in [2.75, 3.05) is 0 Å². The number of fused-ring (bicyclic) bond motifs is 1. The predicted molar refractivity (Wildman–Crippen MR) is 83.5 cm³/mol. The fourth-order valence-corrected chi connectivity index (χ4v) is 3.44.